The summed E-state index contributed by atoms with van der Waals surface area (Å²) in [7, 11) is 3.52. The molecule has 2 amide bonds. The Morgan fingerprint density at radius 3 is 2.36 bits per heavy atom. The van der Waals surface area contributed by atoms with E-state index in [1.54, 1.807) is 11.9 Å². The molecule has 2 fully saturated rings. The molecule has 3 aliphatic rings. The molecule has 0 spiro atoms. The van der Waals surface area contributed by atoms with Crippen LogP contribution in [0.25, 0.3) is 5.70 Å². The maximum atomic E-state index is 13.5. The highest BCUT2D eigenvalue weighted by atomic mass is 16.2. The number of H-pyrrole nitrogens is 1. The van der Waals surface area contributed by atoms with Crippen LogP contribution in [0.1, 0.15) is 95.4 Å². The van der Waals surface area contributed by atoms with Gasteiger partial charge in [-0.15, -0.1) is 5.10 Å². The average Bonchev–Trinajstić information content (AvgIpc) is 3.82. The smallest absolute Gasteiger partial charge is 0.251 e. The van der Waals surface area contributed by atoms with Gasteiger partial charge in [-0.3, -0.25) is 9.59 Å². The predicted molar refractivity (Wildman–Crippen MR) is 179 cm³/mol. The Hall–Kier alpha value is -4.56. The number of tetrazole rings is 1. The van der Waals surface area contributed by atoms with Crippen LogP contribution in [-0.4, -0.2) is 76.6 Å². The molecule has 6 rings (SSSR count). The van der Waals surface area contributed by atoms with Gasteiger partial charge in [0.1, 0.15) is 6.04 Å². The molecule has 0 radical (unpaired) electrons. The summed E-state index contributed by atoms with van der Waals surface area (Å²) < 4.78 is 0. The maximum Gasteiger partial charge on any atom is 0.251 e. The number of hydrogen-bond acceptors (Lipinski definition) is 8. The number of fused-ring (bicyclic) bond motifs is 2. The minimum absolute atomic E-state index is 0.0302. The lowest BCUT2D eigenvalue weighted by atomic mass is 9.65. The van der Waals surface area contributed by atoms with E-state index in [1.165, 1.54) is 12.0 Å². The fraction of sp³-hybridized carbons (Fsp3) is 0.500. The van der Waals surface area contributed by atoms with E-state index in [4.69, 9.17) is 0 Å². The number of carbonyl (C=O) groups excluding carboxylic acids is 2. The normalized spacial score (nSPS) is 21.6. The Morgan fingerprint density at radius 1 is 1.02 bits per heavy atom. The molecule has 1 saturated heterocycles. The molecule has 3 atom stereocenters. The van der Waals surface area contributed by atoms with E-state index in [9.17, 15) is 14.9 Å². The number of aryl methyl sites for hydroxylation is 2. The van der Waals surface area contributed by atoms with Crippen molar-refractivity contribution in [1.29, 1.82) is 5.26 Å². The summed E-state index contributed by atoms with van der Waals surface area (Å²) in [4.78, 5) is 28.1. The summed E-state index contributed by atoms with van der Waals surface area (Å²) in [5.41, 5.74) is 6.05. The van der Waals surface area contributed by atoms with Gasteiger partial charge in [-0.05, 0) is 107 Å². The number of nitriles is 1. The zero-order valence-electron chi connectivity index (χ0n) is 27.4. The van der Waals surface area contributed by atoms with Gasteiger partial charge in [0.05, 0.1) is 18.0 Å². The molecule has 11 nitrogen and oxygen atoms in total. The van der Waals surface area contributed by atoms with Gasteiger partial charge in [0, 0.05) is 37.9 Å². The van der Waals surface area contributed by atoms with E-state index in [0.29, 0.717) is 30.3 Å². The second-order valence-corrected chi connectivity index (χ2v) is 13.2. The highest BCUT2D eigenvalue weighted by Gasteiger charge is 2.47. The SMILES string of the molecule is C=C(NC)c1ccc2c(c1)CCc1cc(C(=O)NC)ccc1C2(C[C@@H](NCC(=O)N1CCCC1C#N)C1CCCCC1)c1nnn[nH]1. The van der Waals surface area contributed by atoms with Crippen LogP contribution in [0.2, 0.25) is 0 Å². The van der Waals surface area contributed by atoms with Crippen LogP contribution in [0, 0.1) is 17.2 Å². The van der Waals surface area contributed by atoms with Gasteiger partial charge in [0.15, 0.2) is 5.82 Å². The summed E-state index contributed by atoms with van der Waals surface area (Å²) in [6, 6.07) is 14.4. The number of carbonyl (C=O) groups is 2. The molecule has 2 heterocycles. The van der Waals surface area contributed by atoms with E-state index in [2.05, 4.69) is 73.5 Å². The summed E-state index contributed by atoms with van der Waals surface area (Å²) in [6.07, 6.45) is 9.32. The lowest BCUT2D eigenvalue weighted by Crippen LogP contribution is -2.49. The Morgan fingerprint density at radius 2 is 1.72 bits per heavy atom. The van der Waals surface area contributed by atoms with Crippen LogP contribution >= 0.6 is 0 Å². The molecule has 1 aliphatic heterocycles. The van der Waals surface area contributed by atoms with E-state index < -0.39 is 5.41 Å². The number of nitrogens with zero attached hydrogens (tertiary/aromatic N) is 5. The molecule has 3 aromatic rings. The standard InChI is InChI=1S/C36H45N9O2/c1-23(38-2)25-13-15-30-26(18-25)11-12-27-19-28(34(47)39-3)14-16-31(27)36(30,35-41-43-44-42-35)20-32(24-8-5-4-6-9-24)40-22-33(46)45-17-7-10-29(45)21-37/h13-16,18-19,24,29,32,38,40H,1,4-12,17,20,22H2,2-3H3,(H,39,47)(H,41,42,43,44)/t29?,32-,36?/m1/s1. The first-order valence-corrected chi connectivity index (χ1v) is 16.9. The molecule has 2 unspecified atom stereocenters. The van der Waals surface area contributed by atoms with Gasteiger partial charge in [-0.1, -0.05) is 44.0 Å². The van der Waals surface area contributed by atoms with Crippen LogP contribution < -0.4 is 16.0 Å². The van der Waals surface area contributed by atoms with Gasteiger partial charge >= 0.3 is 0 Å². The summed E-state index contributed by atoms with van der Waals surface area (Å²) in [5, 5.41) is 35.3. The molecule has 11 heteroatoms. The predicted octanol–water partition coefficient (Wildman–Crippen LogP) is 3.63. The largest absolute Gasteiger partial charge is 0.388 e. The average molecular weight is 636 g/mol. The first kappa shape index (κ1) is 32.4. The van der Waals surface area contributed by atoms with Crippen LogP contribution in [0.4, 0.5) is 0 Å². The number of aromatic amines is 1. The Balaban J connectivity index is 1.49. The van der Waals surface area contributed by atoms with Crippen LogP contribution in [0.3, 0.4) is 0 Å². The number of aromatic nitrogens is 4. The molecule has 1 saturated carbocycles. The fourth-order valence-corrected chi connectivity index (χ4v) is 8.17. The zero-order chi connectivity index (χ0) is 33.0. The molecular weight excluding hydrogens is 590 g/mol. The first-order valence-electron chi connectivity index (χ1n) is 16.9. The van der Waals surface area contributed by atoms with Gasteiger partial charge < -0.3 is 20.9 Å². The minimum Gasteiger partial charge on any atom is -0.388 e. The number of amides is 2. The lowest BCUT2D eigenvalue weighted by molar-refractivity contribution is -0.130. The van der Waals surface area contributed by atoms with Crippen molar-refractivity contribution >= 4 is 17.5 Å². The molecular formula is C36H45N9O2. The molecule has 2 aliphatic carbocycles. The Bertz CT molecular complexity index is 1590. The van der Waals surface area contributed by atoms with Gasteiger partial charge in [-0.25, -0.2) is 5.10 Å². The van der Waals surface area contributed by atoms with Crippen molar-refractivity contribution in [3.8, 4) is 6.07 Å². The van der Waals surface area contributed by atoms with E-state index in [1.807, 2.05) is 19.2 Å². The Labute approximate surface area is 276 Å². The summed E-state index contributed by atoms with van der Waals surface area (Å²) >= 11 is 0. The number of hydrogen-bond donors (Lipinski definition) is 4. The monoisotopic (exact) mass is 635 g/mol. The third kappa shape index (κ3) is 6.26. The number of rotatable bonds is 10. The third-order valence-corrected chi connectivity index (χ3v) is 10.7. The van der Waals surface area contributed by atoms with Crippen LogP contribution in [-0.2, 0) is 23.1 Å². The zero-order valence-corrected chi connectivity index (χ0v) is 27.4. The molecule has 2 aromatic carbocycles. The van der Waals surface area contributed by atoms with Crippen molar-refractivity contribution in [1.82, 2.24) is 41.5 Å². The van der Waals surface area contributed by atoms with Gasteiger partial charge in [0.25, 0.3) is 5.91 Å². The molecule has 4 N–H and O–H groups in total. The lowest BCUT2D eigenvalue weighted by Gasteiger charge is -2.41. The highest BCUT2D eigenvalue weighted by Crippen LogP contribution is 2.48. The van der Waals surface area contributed by atoms with Crippen molar-refractivity contribution < 1.29 is 9.59 Å². The van der Waals surface area contributed by atoms with Crippen molar-refractivity contribution in [2.24, 2.45) is 5.92 Å². The van der Waals surface area contributed by atoms with Crippen molar-refractivity contribution in [3.63, 3.8) is 0 Å². The highest BCUT2D eigenvalue weighted by molar-refractivity contribution is 5.94. The van der Waals surface area contributed by atoms with Crippen molar-refractivity contribution in [3.05, 3.63) is 82.2 Å². The van der Waals surface area contributed by atoms with Crippen molar-refractivity contribution in [2.45, 2.75) is 81.7 Å². The maximum absolute atomic E-state index is 13.5. The Kier molecular flexibility index (Phi) is 9.68. The molecule has 47 heavy (non-hydrogen) atoms. The number of nitrogens with one attached hydrogen (secondary N) is 4. The van der Waals surface area contributed by atoms with Crippen molar-refractivity contribution in [2.75, 3.05) is 27.2 Å². The topological polar surface area (TPSA) is 152 Å². The van der Waals surface area contributed by atoms with Crippen LogP contribution in [0.15, 0.2) is 43.0 Å². The van der Waals surface area contributed by atoms with Crippen LogP contribution in [0.5, 0.6) is 0 Å². The summed E-state index contributed by atoms with van der Waals surface area (Å²) in [5.74, 6) is 0.815. The van der Waals surface area contributed by atoms with E-state index in [0.717, 1.165) is 79.3 Å². The van der Waals surface area contributed by atoms with Gasteiger partial charge in [-0.2, -0.15) is 5.26 Å². The molecule has 246 valence electrons. The number of benzene rings is 2. The second-order valence-electron chi connectivity index (χ2n) is 13.2. The molecule has 1 aromatic heterocycles. The first-order chi connectivity index (χ1) is 22.9. The quantitative estimate of drug-likeness (QED) is 0.264. The summed E-state index contributed by atoms with van der Waals surface area (Å²) in [6.45, 7) is 5.00. The van der Waals surface area contributed by atoms with E-state index in [-0.39, 0.29) is 30.4 Å². The third-order valence-electron chi connectivity index (χ3n) is 10.7. The molecule has 0 bridgehead atoms. The second kappa shape index (κ2) is 14.1. The fourth-order valence-electron chi connectivity index (χ4n) is 8.17. The number of likely N-dealkylation sites (tertiary alicyclic amines) is 1. The minimum atomic E-state index is -0.799. The van der Waals surface area contributed by atoms with E-state index >= 15 is 0 Å². The van der Waals surface area contributed by atoms with Gasteiger partial charge in [0.2, 0.25) is 5.91 Å².